The maximum absolute atomic E-state index is 10.8. The first-order valence-corrected chi connectivity index (χ1v) is 5.37. The number of carbonyl (C=O) groups excluding carboxylic acids is 2. The fourth-order valence-electron chi connectivity index (χ4n) is 1.30. The molecule has 2 radical (unpaired) electrons. The molecule has 14 heavy (non-hydrogen) atoms. The molecule has 1 aromatic heterocycles. The first kappa shape index (κ1) is 11.2. The second-order valence-corrected chi connectivity index (χ2v) is 4.19. The van der Waals surface area contributed by atoms with Crippen LogP contribution in [-0.2, 0) is 6.42 Å². The van der Waals surface area contributed by atoms with Gasteiger partial charge in [0.2, 0.25) is 0 Å². The van der Waals surface area contributed by atoms with Crippen molar-refractivity contribution in [2.24, 2.45) is 0 Å². The minimum Gasteiger partial charge on any atom is -0.298 e. The van der Waals surface area contributed by atoms with E-state index < -0.39 is 0 Å². The molecule has 2 nitrogen and oxygen atoms in total. The van der Waals surface area contributed by atoms with Crippen molar-refractivity contribution in [1.29, 1.82) is 0 Å². The summed E-state index contributed by atoms with van der Waals surface area (Å²) >= 11 is 1.35. The fourth-order valence-corrected chi connectivity index (χ4v) is 2.35. The molecule has 1 heterocycles. The molecular formula is C10H11BO2S. The van der Waals surface area contributed by atoms with E-state index in [1.807, 2.05) is 0 Å². The van der Waals surface area contributed by atoms with Crippen LogP contribution in [0.15, 0.2) is 0 Å². The molecule has 0 atom stereocenters. The van der Waals surface area contributed by atoms with Crippen molar-refractivity contribution in [3.05, 3.63) is 16.0 Å². The summed E-state index contributed by atoms with van der Waals surface area (Å²) in [6.07, 6.45) is 4.28. The SMILES string of the molecule is [B]c1sc(CCCC)c(C=O)c1C=O. The molecule has 0 fully saturated rings. The number of rotatable bonds is 5. The summed E-state index contributed by atoms with van der Waals surface area (Å²) in [5.41, 5.74) is 0.840. The molecule has 0 N–H and O–H groups in total. The third-order valence-electron chi connectivity index (χ3n) is 2.08. The minimum absolute atomic E-state index is 0.358. The van der Waals surface area contributed by atoms with E-state index in [0.29, 0.717) is 22.2 Å². The molecule has 0 bridgehead atoms. The maximum atomic E-state index is 10.8. The summed E-state index contributed by atoms with van der Waals surface area (Å²) in [5, 5.41) is 0. The van der Waals surface area contributed by atoms with Crippen molar-refractivity contribution in [2.75, 3.05) is 0 Å². The number of thiophene rings is 1. The Balaban J connectivity index is 3.04. The Morgan fingerprint density at radius 1 is 1.29 bits per heavy atom. The lowest BCUT2D eigenvalue weighted by Crippen LogP contribution is -2.03. The molecule has 1 rings (SSSR count). The Morgan fingerprint density at radius 3 is 2.43 bits per heavy atom. The quantitative estimate of drug-likeness (QED) is 0.540. The van der Waals surface area contributed by atoms with Crippen molar-refractivity contribution in [3.8, 4) is 0 Å². The van der Waals surface area contributed by atoms with Gasteiger partial charge in [-0.2, -0.15) is 11.3 Å². The van der Waals surface area contributed by atoms with Gasteiger partial charge in [0.05, 0.1) is 0 Å². The van der Waals surface area contributed by atoms with Crippen LogP contribution < -0.4 is 4.78 Å². The lowest BCUT2D eigenvalue weighted by Gasteiger charge is -1.96. The van der Waals surface area contributed by atoms with Gasteiger partial charge in [0, 0.05) is 16.0 Å². The van der Waals surface area contributed by atoms with Crippen molar-refractivity contribution in [2.45, 2.75) is 26.2 Å². The highest BCUT2D eigenvalue weighted by Crippen LogP contribution is 2.19. The standard InChI is InChI=1S/C10H11BO2S/c1-2-3-4-9-7(5-12)8(6-13)10(11)14-9/h5-6H,2-4H2,1H3. The van der Waals surface area contributed by atoms with Crippen LogP contribution in [0.4, 0.5) is 0 Å². The van der Waals surface area contributed by atoms with Crippen molar-refractivity contribution >= 4 is 36.5 Å². The number of hydrogen-bond donors (Lipinski definition) is 0. The van der Waals surface area contributed by atoms with E-state index in [0.717, 1.165) is 30.4 Å². The van der Waals surface area contributed by atoms with Gasteiger partial charge in [-0.25, -0.2) is 0 Å². The van der Waals surface area contributed by atoms with Crippen LogP contribution in [0, 0.1) is 0 Å². The largest absolute Gasteiger partial charge is 0.298 e. The van der Waals surface area contributed by atoms with Crippen LogP contribution in [0.1, 0.15) is 45.4 Å². The predicted octanol–water partition coefficient (Wildman–Crippen LogP) is 1.51. The zero-order valence-electron chi connectivity index (χ0n) is 8.08. The molecule has 0 aliphatic heterocycles. The van der Waals surface area contributed by atoms with Gasteiger partial charge in [-0.3, -0.25) is 9.59 Å². The summed E-state index contributed by atoms with van der Waals surface area (Å²) < 4.78 is 0.452. The molecule has 0 saturated carbocycles. The molecule has 1 aromatic rings. The second-order valence-electron chi connectivity index (χ2n) is 3.06. The van der Waals surface area contributed by atoms with Gasteiger partial charge >= 0.3 is 0 Å². The Hall–Kier alpha value is -0.895. The average molecular weight is 206 g/mol. The molecular weight excluding hydrogens is 195 g/mol. The molecule has 0 aromatic carbocycles. The summed E-state index contributed by atoms with van der Waals surface area (Å²) in [5.74, 6) is 0. The van der Waals surface area contributed by atoms with Gasteiger partial charge in [-0.1, -0.05) is 13.3 Å². The minimum atomic E-state index is 0.358. The normalized spacial score (nSPS) is 10.1. The molecule has 0 amide bonds. The zero-order chi connectivity index (χ0) is 10.6. The molecule has 0 spiro atoms. The number of hydrogen-bond acceptors (Lipinski definition) is 3. The monoisotopic (exact) mass is 206 g/mol. The molecule has 4 heteroatoms. The number of aryl methyl sites for hydroxylation is 1. The van der Waals surface area contributed by atoms with Crippen LogP contribution in [0.25, 0.3) is 0 Å². The maximum Gasteiger partial charge on any atom is 0.151 e. The first-order valence-electron chi connectivity index (χ1n) is 4.56. The predicted molar refractivity (Wildman–Crippen MR) is 59.1 cm³/mol. The van der Waals surface area contributed by atoms with Gasteiger partial charge in [-0.15, -0.1) is 0 Å². The van der Waals surface area contributed by atoms with E-state index >= 15 is 0 Å². The summed E-state index contributed by atoms with van der Waals surface area (Å²) in [6, 6.07) is 0. The molecule has 72 valence electrons. The highest BCUT2D eigenvalue weighted by molar-refractivity contribution is 7.20. The van der Waals surface area contributed by atoms with Crippen molar-refractivity contribution < 1.29 is 9.59 Å². The van der Waals surface area contributed by atoms with Crippen LogP contribution in [0.5, 0.6) is 0 Å². The molecule has 0 unspecified atom stereocenters. The van der Waals surface area contributed by atoms with Crippen molar-refractivity contribution in [3.63, 3.8) is 0 Å². The number of aldehydes is 2. The van der Waals surface area contributed by atoms with E-state index in [4.69, 9.17) is 7.85 Å². The van der Waals surface area contributed by atoms with E-state index in [9.17, 15) is 9.59 Å². The second kappa shape index (κ2) is 5.10. The van der Waals surface area contributed by atoms with E-state index in [2.05, 4.69) is 6.92 Å². The molecule has 0 aliphatic rings. The van der Waals surface area contributed by atoms with Crippen LogP contribution in [-0.4, -0.2) is 20.4 Å². The molecule has 0 saturated heterocycles. The fraction of sp³-hybridized carbons (Fsp3) is 0.400. The Kier molecular flexibility index (Phi) is 4.07. The lowest BCUT2D eigenvalue weighted by atomic mass is 9.99. The summed E-state index contributed by atoms with van der Waals surface area (Å²) in [6.45, 7) is 2.08. The molecule has 0 aliphatic carbocycles. The van der Waals surface area contributed by atoms with E-state index in [-0.39, 0.29) is 0 Å². The Labute approximate surface area is 88.7 Å². The van der Waals surface area contributed by atoms with Crippen LogP contribution in [0.3, 0.4) is 0 Å². The van der Waals surface area contributed by atoms with Gasteiger partial charge in [0.15, 0.2) is 12.6 Å². The van der Waals surface area contributed by atoms with Crippen LogP contribution in [0.2, 0.25) is 0 Å². The van der Waals surface area contributed by atoms with E-state index in [1.54, 1.807) is 0 Å². The zero-order valence-corrected chi connectivity index (χ0v) is 8.89. The van der Waals surface area contributed by atoms with Crippen LogP contribution >= 0.6 is 11.3 Å². The third kappa shape index (κ3) is 2.12. The van der Waals surface area contributed by atoms with Crippen molar-refractivity contribution in [1.82, 2.24) is 0 Å². The number of carbonyl (C=O) groups is 2. The van der Waals surface area contributed by atoms with E-state index in [1.165, 1.54) is 11.3 Å². The highest BCUT2D eigenvalue weighted by atomic mass is 32.1. The smallest absolute Gasteiger partial charge is 0.151 e. The van der Waals surface area contributed by atoms with Gasteiger partial charge in [-0.05, 0) is 17.6 Å². The van der Waals surface area contributed by atoms with Gasteiger partial charge in [0.25, 0.3) is 0 Å². The number of unbranched alkanes of at least 4 members (excludes halogenated alkanes) is 1. The Bertz CT molecular complexity index is 344. The van der Waals surface area contributed by atoms with Gasteiger partial charge in [0.1, 0.15) is 7.85 Å². The summed E-state index contributed by atoms with van der Waals surface area (Å²) in [7, 11) is 5.63. The first-order chi connectivity index (χ1) is 6.74. The lowest BCUT2D eigenvalue weighted by molar-refractivity contribution is 0.109. The average Bonchev–Trinajstić information content (AvgIpc) is 2.50. The topological polar surface area (TPSA) is 34.1 Å². The van der Waals surface area contributed by atoms with Gasteiger partial charge < -0.3 is 0 Å². The Morgan fingerprint density at radius 2 is 1.93 bits per heavy atom. The highest BCUT2D eigenvalue weighted by Gasteiger charge is 2.13. The summed E-state index contributed by atoms with van der Waals surface area (Å²) in [4.78, 5) is 22.4. The third-order valence-corrected chi connectivity index (χ3v) is 3.19.